The fourth-order valence-corrected chi connectivity index (χ4v) is 1.26. The highest BCUT2D eigenvalue weighted by Crippen LogP contribution is 2.32. The van der Waals surface area contributed by atoms with Crippen LogP contribution in [0.3, 0.4) is 0 Å². The Bertz CT molecular complexity index is 400. The van der Waals surface area contributed by atoms with Gasteiger partial charge in [0, 0.05) is 11.8 Å². The van der Waals surface area contributed by atoms with E-state index in [-0.39, 0.29) is 18.1 Å². The van der Waals surface area contributed by atoms with Crippen LogP contribution in [0.25, 0.3) is 0 Å². The van der Waals surface area contributed by atoms with Gasteiger partial charge in [-0.05, 0) is 6.07 Å². The van der Waals surface area contributed by atoms with Gasteiger partial charge in [-0.25, -0.2) is 4.98 Å². The Morgan fingerprint density at radius 3 is 2.79 bits per heavy atom. The summed E-state index contributed by atoms with van der Waals surface area (Å²) in [6, 6.07) is 0.945. The maximum Gasteiger partial charge on any atom is 0.417 e. The standard InChI is InChI=1S/C8H5F3N2O/c9-8(10,11)5-1-4-2-6(14)13-7(4)12-3-5/h1,3H,2H2,(H,12,13,14). The summed E-state index contributed by atoms with van der Waals surface area (Å²) in [7, 11) is 0. The number of carbonyl (C=O) groups is 1. The molecule has 2 rings (SSSR count). The molecule has 1 aliphatic rings. The summed E-state index contributed by atoms with van der Waals surface area (Å²) < 4.78 is 36.6. The van der Waals surface area contributed by atoms with Gasteiger partial charge in [0.2, 0.25) is 5.91 Å². The van der Waals surface area contributed by atoms with Crippen molar-refractivity contribution >= 4 is 11.7 Å². The number of pyridine rings is 1. The van der Waals surface area contributed by atoms with Crippen LogP contribution in [0.1, 0.15) is 11.1 Å². The van der Waals surface area contributed by atoms with E-state index in [9.17, 15) is 18.0 Å². The molecule has 1 aromatic heterocycles. The van der Waals surface area contributed by atoms with Gasteiger partial charge < -0.3 is 5.32 Å². The predicted molar refractivity (Wildman–Crippen MR) is 41.6 cm³/mol. The van der Waals surface area contributed by atoms with Crippen molar-refractivity contribution in [2.75, 3.05) is 5.32 Å². The highest BCUT2D eigenvalue weighted by atomic mass is 19.4. The number of fused-ring (bicyclic) bond motifs is 1. The molecule has 1 aromatic rings. The summed E-state index contributed by atoms with van der Waals surface area (Å²) in [5.74, 6) is -0.102. The largest absolute Gasteiger partial charge is 0.417 e. The lowest BCUT2D eigenvalue weighted by Crippen LogP contribution is -2.06. The molecule has 0 aromatic carbocycles. The number of hydrogen-bond acceptors (Lipinski definition) is 2. The van der Waals surface area contributed by atoms with Crippen molar-refractivity contribution in [1.29, 1.82) is 0 Å². The van der Waals surface area contributed by atoms with Crippen LogP contribution >= 0.6 is 0 Å². The van der Waals surface area contributed by atoms with Crippen LogP contribution in [-0.4, -0.2) is 10.9 Å². The summed E-state index contributed by atoms with van der Waals surface area (Å²) in [6.07, 6.45) is -3.73. The molecule has 0 saturated heterocycles. The number of rotatable bonds is 0. The lowest BCUT2D eigenvalue weighted by atomic mass is 10.1. The highest BCUT2D eigenvalue weighted by molar-refractivity contribution is 5.97. The van der Waals surface area contributed by atoms with Gasteiger partial charge in [-0.2, -0.15) is 13.2 Å². The molecule has 2 heterocycles. The second-order valence-electron chi connectivity index (χ2n) is 2.95. The van der Waals surface area contributed by atoms with Gasteiger partial charge in [0.1, 0.15) is 5.82 Å². The summed E-state index contributed by atoms with van der Waals surface area (Å²) in [6.45, 7) is 0. The number of nitrogens with zero attached hydrogens (tertiary/aromatic N) is 1. The molecule has 0 atom stereocenters. The summed E-state index contributed by atoms with van der Waals surface area (Å²) in [4.78, 5) is 14.4. The predicted octanol–water partition coefficient (Wildman–Crippen LogP) is 1.59. The molecular weight excluding hydrogens is 197 g/mol. The fraction of sp³-hybridized carbons (Fsp3) is 0.250. The lowest BCUT2D eigenvalue weighted by Gasteiger charge is -2.06. The molecule has 0 bridgehead atoms. The Labute approximate surface area is 76.9 Å². The molecule has 0 fully saturated rings. The first-order valence-electron chi connectivity index (χ1n) is 3.83. The summed E-state index contributed by atoms with van der Waals surface area (Å²) in [5.41, 5.74) is -0.530. The first-order valence-corrected chi connectivity index (χ1v) is 3.83. The minimum Gasteiger partial charge on any atom is -0.310 e. The molecule has 1 N–H and O–H groups in total. The minimum absolute atomic E-state index is 0.0355. The number of amides is 1. The zero-order valence-electron chi connectivity index (χ0n) is 6.85. The van der Waals surface area contributed by atoms with E-state index in [0.29, 0.717) is 11.8 Å². The average molecular weight is 202 g/mol. The van der Waals surface area contributed by atoms with Crippen LogP contribution in [-0.2, 0) is 17.4 Å². The number of nitrogens with one attached hydrogen (secondary N) is 1. The molecule has 0 aliphatic carbocycles. The Morgan fingerprint density at radius 1 is 1.43 bits per heavy atom. The molecule has 14 heavy (non-hydrogen) atoms. The maximum absolute atomic E-state index is 12.2. The van der Waals surface area contributed by atoms with Crippen LogP contribution in [0, 0.1) is 0 Å². The van der Waals surface area contributed by atoms with Crippen LogP contribution in [0.2, 0.25) is 0 Å². The fourth-order valence-electron chi connectivity index (χ4n) is 1.26. The third kappa shape index (κ3) is 1.43. The highest BCUT2D eigenvalue weighted by Gasteiger charge is 2.33. The molecule has 1 amide bonds. The smallest absolute Gasteiger partial charge is 0.310 e. The minimum atomic E-state index is -4.41. The van der Waals surface area contributed by atoms with E-state index in [1.54, 1.807) is 0 Å². The molecule has 0 spiro atoms. The molecule has 1 aliphatic heterocycles. The SMILES string of the molecule is O=C1Cc2cc(C(F)(F)F)cnc2N1. The van der Waals surface area contributed by atoms with E-state index in [4.69, 9.17) is 0 Å². The molecule has 3 nitrogen and oxygen atoms in total. The molecule has 6 heteroatoms. The Kier molecular flexibility index (Phi) is 1.73. The third-order valence-corrected chi connectivity index (χ3v) is 1.90. The number of hydrogen-bond donors (Lipinski definition) is 1. The Hall–Kier alpha value is -1.59. The molecule has 0 radical (unpaired) electrons. The molecule has 0 unspecified atom stereocenters. The Morgan fingerprint density at radius 2 is 2.14 bits per heavy atom. The molecule has 0 saturated carbocycles. The van der Waals surface area contributed by atoms with E-state index < -0.39 is 11.7 Å². The number of halogens is 3. The van der Waals surface area contributed by atoms with E-state index >= 15 is 0 Å². The van der Waals surface area contributed by atoms with Gasteiger partial charge in [0.05, 0.1) is 12.0 Å². The van der Waals surface area contributed by atoms with E-state index in [0.717, 1.165) is 6.07 Å². The van der Waals surface area contributed by atoms with E-state index in [1.807, 2.05) is 0 Å². The summed E-state index contributed by atoms with van der Waals surface area (Å²) >= 11 is 0. The van der Waals surface area contributed by atoms with Crippen molar-refractivity contribution in [1.82, 2.24) is 4.98 Å². The number of carbonyl (C=O) groups excluding carboxylic acids is 1. The number of alkyl halides is 3. The van der Waals surface area contributed by atoms with Gasteiger partial charge in [-0.1, -0.05) is 0 Å². The van der Waals surface area contributed by atoms with Crippen LogP contribution in [0.4, 0.5) is 19.0 Å². The van der Waals surface area contributed by atoms with Crippen LogP contribution < -0.4 is 5.32 Å². The van der Waals surface area contributed by atoms with Crippen molar-refractivity contribution in [2.24, 2.45) is 0 Å². The van der Waals surface area contributed by atoms with Crippen LogP contribution in [0.15, 0.2) is 12.3 Å². The van der Waals surface area contributed by atoms with E-state index in [1.165, 1.54) is 0 Å². The van der Waals surface area contributed by atoms with Crippen molar-refractivity contribution < 1.29 is 18.0 Å². The Balaban J connectivity index is 2.43. The van der Waals surface area contributed by atoms with Gasteiger partial charge >= 0.3 is 6.18 Å². The topological polar surface area (TPSA) is 42.0 Å². The quantitative estimate of drug-likeness (QED) is 0.694. The molecular formula is C8H5F3N2O. The number of aromatic nitrogens is 1. The average Bonchev–Trinajstić information content (AvgIpc) is 2.41. The van der Waals surface area contributed by atoms with Gasteiger partial charge in [0.15, 0.2) is 0 Å². The monoisotopic (exact) mass is 202 g/mol. The van der Waals surface area contributed by atoms with E-state index in [2.05, 4.69) is 10.3 Å². The second kappa shape index (κ2) is 2.70. The second-order valence-corrected chi connectivity index (χ2v) is 2.95. The zero-order chi connectivity index (χ0) is 10.3. The molecule has 74 valence electrons. The van der Waals surface area contributed by atoms with Gasteiger partial charge in [0.25, 0.3) is 0 Å². The van der Waals surface area contributed by atoms with Crippen molar-refractivity contribution in [2.45, 2.75) is 12.6 Å². The van der Waals surface area contributed by atoms with Crippen LogP contribution in [0.5, 0.6) is 0 Å². The van der Waals surface area contributed by atoms with Crippen molar-refractivity contribution in [3.63, 3.8) is 0 Å². The number of anilines is 1. The van der Waals surface area contributed by atoms with Gasteiger partial charge in [-0.15, -0.1) is 0 Å². The normalized spacial score (nSPS) is 15.2. The third-order valence-electron chi connectivity index (χ3n) is 1.90. The van der Waals surface area contributed by atoms with Crippen molar-refractivity contribution in [3.8, 4) is 0 Å². The lowest BCUT2D eigenvalue weighted by molar-refractivity contribution is -0.137. The first kappa shape index (κ1) is 8.98. The zero-order valence-corrected chi connectivity index (χ0v) is 6.85. The summed E-state index contributed by atoms with van der Waals surface area (Å²) in [5, 5.41) is 2.36. The first-order chi connectivity index (χ1) is 6.47. The van der Waals surface area contributed by atoms with Gasteiger partial charge in [-0.3, -0.25) is 4.79 Å². The maximum atomic E-state index is 12.2. The van der Waals surface area contributed by atoms with Crippen molar-refractivity contribution in [3.05, 3.63) is 23.4 Å².